The monoisotopic (exact) mass is 437 g/mol. The van der Waals surface area contributed by atoms with E-state index in [2.05, 4.69) is 54.2 Å². The van der Waals surface area contributed by atoms with Gasteiger partial charge in [-0.2, -0.15) is 0 Å². The van der Waals surface area contributed by atoms with Gasteiger partial charge in [-0.3, -0.25) is 0 Å². The molecule has 0 N–H and O–H groups in total. The molecule has 178 valence electrons. The van der Waals surface area contributed by atoms with Crippen LogP contribution in [-0.4, -0.2) is 12.4 Å². The highest BCUT2D eigenvalue weighted by Gasteiger charge is 2.35. The number of nitrogens with zero attached hydrogens (tertiary/aromatic N) is 2. The molecule has 2 rings (SSSR count). The van der Waals surface area contributed by atoms with Gasteiger partial charge >= 0.3 is 0 Å². The van der Waals surface area contributed by atoms with Gasteiger partial charge in [0.1, 0.15) is 0 Å². The first-order valence-corrected chi connectivity index (χ1v) is 13.8. The molecule has 32 heavy (non-hydrogen) atoms. The quantitative estimate of drug-likeness (QED) is 0.143. The van der Waals surface area contributed by atoms with E-state index in [0.717, 1.165) is 12.6 Å². The number of hydrogen-bond acceptors (Lipinski definition) is 2. The minimum atomic E-state index is 0.500. The average Bonchev–Trinajstić information content (AvgIpc) is 3.35. The molecule has 0 spiro atoms. The van der Waals surface area contributed by atoms with Gasteiger partial charge in [0.15, 0.2) is 12.4 Å². The highest BCUT2D eigenvalue weighted by atomic mass is 15.0. The molecule has 1 aromatic rings. The van der Waals surface area contributed by atoms with E-state index >= 15 is 0 Å². The summed E-state index contributed by atoms with van der Waals surface area (Å²) in [6.07, 6.45) is 28.0. The van der Waals surface area contributed by atoms with Crippen molar-refractivity contribution in [3.8, 4) is 0 Å². The first-order valence-electron chi connectivity index (χ1n) is 13.8. The molecule has 0 fully saturated rings. The van der Waals surface area contributed by atoms with Crippen LogP contribution in [0.4, 0.5) is 0 Å². The van der Waals surface area contributed by atoms with E-state index < -0.39 is 0 Å². The topological polar surface area (TPSA) is 24.7 Å². The van der Waals surface area contributed by atoms with Gasteiger partial charge in [-0.15, -0.1) is 0 Å². The molecule has 2 unspecified atom stereocenters. The van der Waals surface area contributed by atoms with Crippen LogP contribution in [0.3, 0.4) is 0 Å². The van der Waals surface area contributed by atoms with E-state index in [1.807, 2.05) is 12.4 Å². The molecule has 0 bridgehead atoms. The zero-order valence-electron chi connectivity index (χ0n) is 21.1. The first-order chi connectivity index (χ1) is 15.8. The van der Waals surface area contributed by atoms with Crippen molar-refractivity contribution < 1.29 is 0 Å². The second-order valence-electron chi connectivity index (χ2n) is 9.79. The second-order valence-corrected chi connectivity index (χ2v) is 9.79. The van der Waals surface area contributed by atoms with E-state index in [0.29, 0.717) is 11.8 Å². The van der Waals surface area contributed by atoms with Crippen molar-refractivity contribution in [1.29, 1.82) is 0 Å². The Kier molecular flexibility index (Phi) is 14.9. The largest absolute Gasteiger partial charge is 0.244 e. The zero-order chi connectivity index (χ0) is 22.7. The van der Waals surface area contributed by atoms with Crippen LogP contribution < -0.4 is 0 Å². The summed E-state index contributed by atoms with van der Waals surface area (Å²) in [6.45, 7) is 4.60. The molecule has 0 radical (unpaired) electrons. The maximum atomic E-state index is 4.65. The molecular formula is C30H49N2+. The molecule has 0 amide bonds. The minimum Gasteiger partial charge on any atom is -0.0965 e. The van der Waals surface area contributed by atoms with E-state index in [4.69, 9.17) is 0 Å². The third-order valence-electron chi connectivity index (χ3n) is 7.02. The Morgan fingerprint density at radius 1 is 0.625 bits per heavy atom. The van der Waals surface area contributed by atoms with Gasteiger partial charge in [0.05, 0.1) is 5.92 Å². The van der Waals surface area contributed by atoms with Gasteiger partial charge in [0, 0.05) is 0 Å². The Labute approximate surface area is 199 Å². The lowest BCUT2D eigenvalue weighted by molar-refractivity contribution is 0.286. The summed E-state index contributed by atoms with van der Waals surface area (Å²) in [5.41, 5.74) is 1.46. The summed E-state index contributed by atoms with van der Waals surface area (Å²) in [5, 5.41) is 0. The van der Waals surface area contributed by atoms with Crippen LogP contribution in [-0.2, 0) is 6.42 Å². The Bertz CT molecular complexity index is 595. The number of rotatable bonds is 20. The smallest absolute Gasteiger partial charge is 0.0965 e. The minimum absolute atomic E-state index is 0.500. The maximum absolute atomic E-state index is 4.65. The Morgan fingerprint density at radius 2 is 1.16 bits per heavy atom. The predicted molar refractivity (Wildman–Crippen MR) is 143 cm³/mol. The number of unbranched alkanes of at least 4 members (excludes halogenated alkanes) is 12. The molecular weight excluding hydrogens is 388 g/mol. The molecule has 0 saturated carbocycles. The van der Waals surface area contributed by atoms with E-state index in [-0.39, 0.29) is 0 Å². The molecule has 1 aliphatic heterocycles. The molecule has 1 heterocycles. The molecule has 1 aromatic carbocycles. The van der Waals surface area contributed by atoms with Crippen LogP contribution in [0.25, 0.3) is 0 Å². The third-order valence-corrected chi connectivity index (χ3v) is 7.02. The van der Waals surface area contributed by atoms with E-state index in [9.17, 15) is 0 Å². The molecule has 2 heteroatoms. The van der Waals surface area contributed by atoms with Crippen molar-refractivity contribution in [1.82, 2.24) is 0 Å². The first kappa shape index (κ1) is 26.7. The highest BCUT2D eigenvalue weighted by molar-refractivity contribution is 6.18. The molecule has 0 aliphatic carbocycles. The Hall–Kier alpha value is -1.57. The fourth-order valence-electron chi connectivity index (χ4n) is 5.05. The van der Waals surface area contributed by atoms with Gasteiger partial charge in [-0.05, 0) is 30.7 Å². The summed E-state index contributed by atoms with van der Waals surface area (Å²) in [5.74, 6) is 1.15. The molecule has 0 aromatic heterocycles. The van der Waals surface area contributed by atoms with Gasteiger partial charge in [0.25, 0.3) is 0 Å². The summed E-state index contributed by atoms with van der Waals surface area (Å²) >= 11 is 0. The fraction of sp³-hybridized carbons (Fsp3) is 0.700. The molecule has 2 nitrogen and oxygen atoms in total. The van der Waals surface area contributed by atoms with Gasteiger partial charge in [-0.1, -0.05) is 144 Å². The summed E-state index contributed by atoms with van der Waals surface area (Å²) in [6, 6.07) is 11.0. The van der Waals surface area contributed by atoms with E-state index in [1.165, 1.54) is 108 Å². The van der Waals surface area contributed by atoms with Crippen molar-refractivity contribution in [3.05, 3.63) is 42.1 Å². The van der Waals surface area contributed by atoms with Crippen LogP contribution in [0.15, 0.2) is 40.3 Å². The Morgan fingerprint density at radius 3 is 1.72 bits per heavy atom. The number of hydrogen-bond donors (Lipinski definition) is 0. The average molecular weight is 438 g/mol. The lowest BCUT2D eigenvalue weighted by Gasteiger charge is -2.26. The predicted octanol–water partition coefficient (Wildman–Crippen LogP) is 9.39. The van der Waals surface area contributed by atoms with Crippen LogP contribution in [0.1, 0.15) is 122 Å². The fourth-order valence-corrected chi connectivity index (χ4v) is 5.05. The molecule has 1 aliphatic rings. The van der Waals surface area contributed by atoms with Crippen molar-refractivity contribution in [2.24, 2.45) is 21.8 Å². The van der Waals surface area contributed by atoms with Gasteiger partial charge in [0.2, 0.25) is 6.17 Å². The number of benzene rings is 1. The zero-order valence-corrected chi connectivity index (χ0v) is 21.1. The van der Waals surface area contributed by atoms with Crippen LogP contribution in [0.2, 0.25) is 0 Å². The van der Waals surface area contributed by atoms with Crippen molar-refractivity contribution in [3.63, 3.8) is 0 Å². The molecule has 0 saturated heterocycles. The van der Waals surface area contributed by atoms with Crippen LogP contribution >= 0.6 is 0 Å². The third kappa shape index (κ3) is 11.3. The van der Waals surface area contributed by atoms with Gasteiger partial charge in [-0.25, -0.2) is 0 Å². The maximum Gasteiger partial charge on any atom is 0.244 e. The van der Waals surface area contributed by atoms with Crippen molar-refractivity contribution >= 4 is 12.4 Å². The summed E-state index contributed by atoms with van der Waals surface area (Å²) in [7, 11) is 0. The Balaban J connectivity index is 1.71. The summed E-state index contributed by atoms with van der Waals surface area (Å²) in [4.78, 5) is 9.30. The highest BCUT2D eigenvalue weighted by Crippen LogP contribution is 2.36. The second kappa shape index (κ2) is 17.9. The standard InChI is InChI=1S/C30H49N2/c1-3-5-7-8-9-10-11-12-13-14-15-19-23-29(30-31-24-25-32-30)28(22-6-4-2)26-27-20-17-16-18-21-27/h16-18,20-21,24-25,28-29H,3-15,19,22-23,26H2,1-2H3/q+1. The lowest BCUT2D eigenvalue weighted by atomic mass is 9.78. The van der Waals surface area contributed by atoms with Gasteiger partial charge < -0.3 is 0 Å². The summed E-state index contributed by atoms with van der Waals surface area (Å²) < 4.78 is 0. The van der Waals surface area contributed by atoms with Crippen LogP contribution in [0.5, 0.6) is 0 Å². The van der Waals surface area contributed by atoms with Crippen molar-refractivity contribution in [2.45, 2.75) is 123 Å². The number of aliphatic imine (C=N–C) groups is 2. The van der Waals surface area contributed by atoms with Crippen molar-refractivity contribution in [2.75, 3.05) is 0 Å². The van der Waals surface area contributed by atoms with E-state index in [1.54, 1.807) is 0 Å². The SMILES string of the molecule is CCCCCCCCCCCCCCC([C+]1N=CC=N1)C(CCCC)Cc1ccccc1. The van der Waals surface area contributed by atoms with Crippen LogP contribution in [0, 0.1) is 18.0 Å². The lowest BCUT2D eigenvalue weighted by Crippen LogP contribution is -2.22. The normalized spacial score (nSPS) is 14.9. The molecule has 2 atom stereocenters.